The standard InChI is InChI=1S/C11H21BrN/c1-13-7-3-2-6-11(13)10(9-12)5-4-8-13/h10-11H,2-9H2,1H3/q+1/t10-,11-,13?/m0/s1. The van der Waals surface area contributed by atoms with Crippen molar-refractivity contribution in [3.05, 3.63) is 0 Å². The molecule has 13 heavy (non-hydrogen) atoms. The molecule has 2 heterocycles. The van der Waals surface area contributed by atoms with E-state index in [0.717, 1.165) is 12.0 Å². The molecule has 2 aliphatic heterocycles. The first-order chi connectivity index (χ1) is 6.26. The molecular weight excluding hydrogens is 226 g/mol. The monoisotopic (exact) mass is 246 g/mol. The molecule has 0 aromatic heterocycles. The molecule has 0 radical (unpaired) electrons. The summed E-state index contributed by atoms with van der Waals surface area (Å²) in [6.07, 6.45) is 7.32. The average molecular weight is 247 g/mol. The minimum Gasteiger partial charge on any atom is -0.323 e. The fourth-order valence-corrected chi connectivity index (χ4v) is 4.17. The van der Waals surface area contributed by atoms with Crippen molar-refractivity contribution in [2.24, 2.45) is 5.92 Å². The Morgan fingerprint density at radius 3 is 2.69 bits per heavy atom. The molecule has 2 fully saturated rings. The SMILES string of the molecule is C[N+]12CCCC[C@H]1[C@H](CBr)CCC2. The van der Waals surface area contributed by atoms with Gasteiger partial charge in [-0.05, 0) is 32.1 Å². The minimum atomic E-state index is 0.957. The molecule has 1 unspecified atom stereocenters. The van der Waals surface area contributed by atoms with Gasteiger partial charge >= 0.3 is 0 Å². The molecule has 0 N–H and O–H groups in total. The predicted molar refractivity (Wildman–Crippen MR) is 60.1 cm³/mol. The van der Waals surface area contributed by atoms with E-state index in [2.05, 4.69) is 23.0 Å². The molecular formula is C11H21BrN+. The van der Waals surface area contributed by atoms with Gasteiger partial charge in [-0.1, -0.05) is 15.9 Å². The zero-order valence-electron chi connectivity index (χ0n) is 8.64. The summed E-state index contributed by atoms with van der Waals surface area (Å²) in [5.74, 6) is 0.957. The number of nitrogens with zero attached hydrogens (tertiary/aromatic N) is 1. The number of hydrogen-bond donors (Lipinski definition) is 0. The van der Waals surface area contributed by atoms with E-state index in [0.29, 0.717) is 0 Å². The molecule has 0 amide bonds. The summed E-state index contributed by atoms with van der Waals surface area (Å²) >= 11 is 3.69. The molecule has 2 heteroatoms. The van der Waals surface area contributed by atoms with E-state index in [9.17, 15) is 0 Å². The van der Waals surface area contributed by atoms with Gasteiger partial charge in [0.2, 0.25) is 0 Å². The highest BCUT2D eigenvalue weighted by Crippen LogP contribution is 2.36. The van der Waals surface area contributed by atoms with Crippen LogP contribution in [0, 0.1) is 5.92 Å². The van der Waals surface area contributed by atoms with Crippen molar-refractivity contribution >= 4 is 15.9 Å². The van der Waals surface area contributed by atoms with Crippen molar-refractivity contribution in [2.75, 3.05) is 25.5 Å². The van der Waals surface area contributed by atoms with Gasteiger partial charge in [-0.2, -0.15) is 0 Å². The van der Waals surface area contributed by atoms with E-state index >= 15 is 0 Å². The maximum atomic E-state index is 3.69. The number of fused-ring (bicyclic) bond motifs is 1. The van der Waals surface area contributed by atoms with Crippen LogP contribution in [0.1, 0.15) is 32.1 Å². The Balaban J connectivity index is 2.11. The molecule has 0 aromatic rings. The van der Waals surface area contributed by atoms with Gasteiger partial charge in [0.15, 0.2) is 0 Å². The highest BCUT2D eigenvalue weighted by atomic mass is 79.9. The van der Waals surface area contributed by atoms with Crippen LogP contribution in [-0.4, -0.2) is 36.0 Å². The van der Waals surface area contributed by atoms with Crippen LogP contribution in [0.4, 0.5) is 0 Å². The lowest BCUT2D eigenvalue weighted by molar-refractivity contribution is -0.946. The predicted octanol–water partition coefficient (Wildman–Crippen LogP) is 2.79. The molecule has 2 rings (SSSR count). The second kappa shape index (κ2) is 3.90. The first-order valence-electron chi connectivity index (χ1n) is 5.66. The molecule has 0 spiro atoms. The van der Waals surface area contributed by atoms with Crippen LogP contribution in [0.25, 0.3) is 0 Å². The van der Waals surface area contributed by atoms with Crippen LogP contribution in [0.2, 0.25) is 0 Å². The van der Waals surface area contributed by atoms with Crippen molar-refractivity contribution in [2.45, 2.75) is 38.1 Å². The van der Waals surface area contributed by atoms with Crippen molar-refractivity contribution in [1.29, 1.82) is 0 Å². The maximum absolute atomic E-state index is 3.69. The minimum absolute atomic E-state index is 0.957. The third-order valence-electron chi connectivity index (χ3n) is 4.21. The first-order valence-corrected chi connectivity index (χ1v) is 6.78. The summed E-state index contributed by atoms with van der Waals surface area (Å²) in [5, 5.41) is 1.23. The largest absolute Gasteiger partial charge is 0.323 e. The second-order valence-corrected chi connectivity index (χ2v) is 5.69. The smallest absolute Gasteiger partial charge is 0.0924 e. The Morgan fingerprint density at radius 1 is 1.15 bits per heavy atom. The fraction of sp³-hybridized carbons (Fsp3) is 1.00. The lowest BCUT2D eigenvalue weighted by atomic mass is 9.83. The highest BCUT2D eigenvalue weighted by molar-refractivity contribution is 9.09. The Kier molecular flexibility index (Phi) is 2.99. The lowest BCUT2D eigenvalue weighted by Crippen LogP contribution is -2.61. The van der Waals surface area contributed by atoms with Gasteiger partial charge in [0, 0.05) is 11.2 Å². The maximum Gasteiger partial charge on any atom is 0.0924 e. The van der Waals surface area contributed by atoms with Crippen molar-refractivity contribution in [3.8, 4) is 0 Å². The van der Waals surface area contributed by atoms with Gasteiger partial charge in [0.05, 0.1) is 26.2 Å². The Bertz CT molecular complexity index is 179. The fourth-order valence-electron chi connectivity index (χ4n) is 3.41. The van der Waals surface area contributed by atoms with E-state index in [1.165, 1.54) is 55.0 Å². The van der Waals surface area contributed by atoms with E-state index in [1.807, 2.05) is 0 Å². The van der Waals surface area contributed by atoms with Gasteiger partial charge in [-0.15, -0.1) is 0 Å². The Morgan fingerprint density at radius 2 is 1.92 bits per heavy atom. The van der Waals surface area contributed by atoms with Gasteiger partial charge in [0.1, 0.15) is 0 Å². The molecule has 1 nitrogen and oxygen atoms in total. The van der Waals surface area contributed by atoms with Gasteiger partial charge in [-0.3, -0.25) is 0 Å². The summed E-state index contributed by atoms with van der Waals surface area (Å²) in [4.78, 5) is 0. The van der Waals surface area contributed by atoms with Crippen LogP contribution in [0.15, 0.2) is 0 Å². The summed E-state index contributed by atoms with van der Waals surface area (Å²) in [7, 11) is 2.48. The highest BCUT2D eigenvalue weighted by Gasteiger charge is 2.42. The van der Waals surface area contributed by atoms with Crippen LogP contribution >= 0.6 is 15.9 Å². The Hall–Kier alpha value is 0.440. The van der Waals surface area contributed by atoms with Gasteiger partial charge in [0.25, 0.3) is 0 Å². The summed E-state index contributed by atoms with van der Waals surface area (Å²) < 4.78 is 1.39. The van der Waals surface area contributed by atoms with Gasteiger partial charge < -0.3 is 4.48 Å². The number of hydrogen-bond acceptors (Lipinski definition) is 0. The van der Waals surface area contributed by atoms with Crippen LogP contribution < -0.4 is 0 Å². The normalized spacial score (nSPS) is 45.7. The van der Waals surface area contributed by atoms with Crippen molar-refractivity contribution < 1.29 is 4.48 Å². The second-order valence-electron chi connectivity index (χ2n) is 5.05. The van der Waals surface area contributed by atoms with Crippen molar-refractivity contribution in [3.63, 3.8) is 0 Å². The number of alkyl halides is 1. The molecule has 2 saturated heterocycles. The quantitative estimate of drug-likeness (QED) is 0.493. The van der Waals surface area contributed by atoms with Crippen LogP contribution in [0.5, 0.6) is 0 Å². The molecule has 0 aliphatic carbocycles. The molecule has 76 valence electrons. The number of piperidine rings is 2. The molecule has 2 aliphatic rings. The van der Waals surface area contributed by atoms with Crippen molar-refractivity contribution in [1.82, 2.24) is 0 Å². The van der Waals surface area contributed by atoms with Gasteiger partial charge in [-0.25, -0.2) is 0 Å². The molecule has 0 bridgehead atoms. The first kappa shape index (κ1) is 9.97. The number of rotatable bonds is 1. The summed E-state index contributed by atoms with van der Waals surface area (Å²) in [5.41, 5.74) is 0. The third-order valence-corrected chi connectivity index (χ3v) is 5.04. The topological polar surface area (TPSA) is 0 Å². The van der Waals surface area contributed by atoms with Crippen LogP contribution in [-0.2, 0) is 0 Å². The molecule has 3 atom stereocenters. The third kappa shape index (κ3) is 1.80. The lowest BCUT2D eigenvalue weighted by Gasteiger charge is -2.51. The zero-order chi connectivity index (χ0) is 9.31. The zero-order valence-corrected chi connectivity index (χ0v) is 10.2. The van der Waals surface area contributed by atoms with E-state index < -0.39 is 0 Å². The summed E-state index contributed by atoms with van der Waals surface area (Å²) in [6.45, 7) is 2.88. The number of halogens is 1. The summed E-state index contributed by atoms with van der Waals surface area (Å²) in [6, 6.07) is 0.974. The molecule has 0 aromatic carbocycles. The molecule has 0 saturated carbocycles. The van der Waals surface area contributed by atoms with E-state index in [-0.39, 0.29) is 0 Å². The van der Waals surface area contributed by atoms with E-state index in [1.54, 1.807) is 0 Å². The average Bonchev–Trinajstić information content (AvgIpc) is 2.15. The number of quaternary nitrogens is 1. The van der Waals surface area contributed by atoms with Crippen LogP contribution in [0.3, 0.4) is 0 Å². The Labute approximate surface area is 90.2 Å². The van der Waals surface area contributed by atoms with E-state index in [4.69, 9.17) is 0 Å².